The predicted octanol–water partition coefficient (Wildman–Crippen LogP) is 2.31. The van der Waals surface area contributed by atoms with Gasteiger partial charge in [-0.05, 0) is 12.3 Å². The zero-order chi connectivity index (χ0) is 10.4. The smallest absolute Gasteiger partial charge is 0.228 e. The van der Waals surface area contributed by atoms with Gasteiger partial charge in [0, 0.05) is 14.1 Å². The Balaban J connectivity index is 3.92. The minimum absolute atomic E-state index is 0.00810. The van der Waals surface area contributed by atoms with Gasteiger partial charge in [0.15, 0.2) is 0 Å². The summed E-state index contributed by atoms with van der Waals surface area (Å²) in [4.78, 5) is 13.0. The van der Waals surface area contributed by atoms with Crippen molar-refractivity contribution < 1.29 is 4.79 Å². The standard InChI is InChI=1S/C11H21NO/c1-9(2)7-6-8-10(3)11(13)12(4)5/h6,8-10H,7H2,1-5H3/b8-6+/t10-/m1/s1. The largest absolute Gasteiger partial charge is 0.348 e. The lowest BCUT2D eigenvalue weighted by molar-refractivity contribution is -0.130. The van der Waals surface area contributed by atoms with Gasteiger partial charge in [-0.25, -0.2) is 0 Å². The molecule has 0 saturated heterocycles. The van der Waals surface area contributed by atoms with E-state index in [2.05, 4.69) is 19.9 Å². The van der Waals surface area contributed by atoms with Gasteiger partial charge in [-0.1, -0.05) is 32.9 Å². The van der Waals surface area contributed by atoms with Crippen LogP contribution >= 0.6 is 0 Å². The van der Waals surface area contributed by atoms with E-state index in [4.69, 9.17) is 0 Å². The summed E-state index contributed by atoms with van der Waals surface area (Å²) in [6.07, 6.45) is 5.13. The summed E-state index contributed by atoms with van der Waals surface area (Å²) in [5.41, 5.74) is 0. The molecule has 2 heteroatoms. The molecule has 0 aliphatic carbocycles. The molecule has 0 heterocycles. The SMILES string of the molecule is CC(C)C/C=C/[C@@H](C)C(=O)N(C)C. The molecule has 0 rings (SSSR count). The van der Waals surface area contributed by atoms with E-state index in [0.29, 0.717) is 5.92 Å². The molecule has 0 aliphatic rings. The Morgan fingerprint density at radius 1 is 1.31 bits per heavy atom. The number of rotatable bonds is 4. The number of amides is 1. The molecule has 0 spiro atoms. The lowest BCUT2D eigenvalue weighted by atomic mass is 10.1. The first-order chi connectivity index (χ1) is 5.95. The second-order valence-electron chi connectivity index (χ2n) is 4.08. The fraction of sp³-hybridized carbons (Fsp3) is 0.727. The molecule has 1 atom stereocenters. The molecule has 0 saturated carbocycles. The second kappa shape index (κ2) is 5.79. The molecule has 0 unspecified atom stereocenters. The highest BCUT2D eigenvalue weighted by molar-refractivity contribution is 5.79. The molecule has 0 N–H and O–H groups in total. The minimum Gasteiger partial charge on any atom is -0.348 e. The van der Waals surface area contributed by atoms with E-state index in [1.54, 1.807) is 19.0 Å². The first-order valence-electron chi connectivity index (χ1n) is 4.83. The molecule has 0 aromatic carbocycles. The zero-order valence-corrected chi connectivity index (χ0v) is 9.37. The highest BCUT2D eigenvalue weighted by Crippen LogP contribution is 2.05. The molecule has 0 radical (unpaired) electrons. The van der Waals surface area contributed by atoms with Crippen LogP contribution in [0.5, 0.6) is 0 Å². The van der Waals surface area contributed by atoms with Crippen molar-refractivity contribution in [3.8, 4) is 0 Å². The minimum atomic E-state index is 0.00810. The lowest BCUT2D eigenvalue weighted by Crippen LogP contribution is -2.26. The van der Waals surface area contributed by atoms with Crippen molar-refractivity contribution in [2.24, 2.45) is 11.8 Å². The Labute approximate surface area is 81.6 Å². The van der Waals surface area contributed by atoms with Crippen molar-refractivity contribution in [3.05, 3.63) is 12.2 Å². The fourth-order valence-corrected chi connectivity index (χ4v) is 1.04. The van der Waals surface area contributed by atoms with Gasteiger partial charge in [0.2, 0.25) is 5.91 Å². The van der Waals surface area contributed by atoms with Gasteiger partial charge in [0.25, 0.3) is 0 Å². The molecular formula is C11H21NO. The molecule has 0 bridgehead atoms. The third kappa shape index (κ3) is 5.45. The van der Waals surface area contributed by atoms with Crippen LogP contribution in [0.15, 0.2) is 12.2 Å². The van der Waals surface area contributed by atoms with Crippen molar-refractivity contribution in [1.29, 1.82) is 0 Å². The van der Waals surface area contributed by atoms with Crippen molar-refractivity contribution in [1.82, 2.24) is 4.90 Å². The van der Waals surface area contributed by atoms with Crippen molar-refractivity contribution >= 4 is 5.91 Å². The maximum Gasteiger partial charge on any atom is 0.228 e. The van der Waals surface area contributed by atoms with Crippen LogP contribution in [0.3, 0.4) is 0 Å². The Bertz CT molecular complexity index is 183. The third-order valence-corrected chi connectivity index (χ3v) is 1.86. The maximum absolute atomic E-state index is 11.4. The molecule has 0 fully saturated rings. The normalized spacial score (nSPS) is 13.7. The van der Waals surface area contributed by atoms with Crippen LogP contribution in [0.4, 0.5) is 0 Å². The topological polar surface area (TPSA) is 20.3 Å². The summed E-state index contributed by atoms with van der Waals surface area (Å²) in [7, 11) is 3.57. The van der Waals surface area contributed by atoms with E-state index in [1.807, 2.05) is 13.0 Å². The van der Waals surface area contributed by atoms with Gasteiger partial charge >= 0.3 is 0 Å². The Kier molecular flexibility index (Phi) is 5.44. The quantitative estimate of drug-likeness (QED) is 0.612. The summed E-state index contributed by atoms with van der Waals surface area (Å²) in [5.74, 6) is 0.840. The van der Waals surface area contributed by atoms with Gasteiger partial charge < -0.3 is 4.90 Å². The molecular weight excluding hydrogens is 162 g/mol. The zero-order valence-electron chi connectivity index (χ0n) is 9.37. The first kappa shape index (κ1) is 12.2. The van der Waals surface area contributed by atoms with Crippen LogP contribution in [0.2, 0.25) is 0 Å². The van der Waals surface area contributed by atoms with E-state index < -0.39 is 0 Å². The third-order valence-electron chi connectivity index (χ3n) is 1.86. The van der Waals surface area contributed by atoms with E-state index in [9.17, 15) is 4.79 Å². The van der Waals surface area contributed by atoms with E-state index >= 15 is 0 Å². The van der Waals surface area contributed by atoms with Gasteiger partial charge in [0.1, 0.15) is 0 Å². The van der Waals surface area contributed by atoms with Crippen LogP contribution in [0, 0.1) is 11.8 Å². The Morgan fingerprint density at radius 3 is 2.23 bits per heavy atom. The van der Waals surface area contributed by atoms with Crippen LogP contribution in [-0.4, -0.2) is 24.9 Å². The van der Waals surface area contributed by atoms with Gasteiger partial charge in [-0.15, -0.1) is 0 Å². The molecule has 0 aromatic heterocycles. The second-order valence-corrected chi connectivity index (χ2v) is 4.08. The van der Waals surface area contributed by atoms with Crippen molar-refractivity contribution in [3.63, 3.8) is 0 Å². The number of hydrogen-bond donors (Lipinski definition) is 0. The van der Waals surface area contributed by atoms with Crippen LogP contribution in [0.1, 0.15) is 27.2 Å². The van der Waals surface area contributed by atoms with Crippen LogP contribution in [-0.2, 0) is 4.79 Å². The molecule has 76 valence electrons. The number of allylic oxidation sites excluding steroid dienone is 1. The number of carbonyl (C=O) groups is 1. The van der Waals surface area contributed by atoms with Gasteiger partial charge in [-0.3, -0.25) is 4.79 Å². The molecule has 0 aliphatic heterocycles. The van der Waals surface area contributed by atoms with E-state index in [-0.39, 0.29) is 11.8 Å². The van der Waals surface area contributed by atoms with Gasteiger partial charge in [-0.2, -0.15) is 0 Å². The molecule has 2 nitrogen and oxygen atoms in total. The Morgan fingerprint density at radius 2 is 1.85 bits per heavy atom. The fourth-order valence-electron chi connectivity index (χ4n) is 1.04. The highest BCUT2D eigenvalue weighted by atomic mass is 16.2. The summed E-state index contributed by atoms with van der Waals surface area (Å²) >= 11 is 0. The average Bonchev–Trinajstić information content (AvgIpc) is 2.02. The van der Waals surface area contributed by atoms with Gasteiger partial charge in [0.05, 0.1) is 5.92 Å². The molecule has 0 aromatic rings. The maximum atomic E-state index is 11.4. The number of carbonyl (C=O) groups excluding carboxylic acids is 1. The van der Waals surface area contributed by atoms with Crippen LogP contribution in [0.25, 0.3) is 0 Å². The van der Waals surface area contributed by atoms with Crippen molar-refractivity contribution in [2.45, 2.75) is 27.2 Å². The molecule has 13 heavy (non-hydrogen) atoms. The average molecular weight is 183 g/mol. The predicted molar refractivity (Wildman–Crippen MR) is 56.5 cm³/mol. The summed E-state index contributed by atoms with van der Waals surface area (Å²) in [6.45, 7) is 6.27. The first-order valence-corrected chi connectivity index (χ1v) is 4.83. The summed E-state index contributed by atoms with van der Waals surface area (Å²) in [5, 5.41) is 0. The van der Waals surface area contributed by atoms with E-state index in [0.717, 1.165) is 6.42 Å². The highest BCUT2D eigenvalue weighted by Gasteiger charge is 2.10. The Hall–Kier alpha value is -0.790. The number of hydrogen-bond acceptors (Lipinski definition) is 1. The molecule has 1 amide bonds. The lowest BCUT2D eigenvalue weighted by Gasteiger charge is -2.13. The summed E-state index contributed by atoms with van der Waals surface area (Å²) < 4.78 is 0. The van der Waals surface area contributed by atoms with Crippen LogP contribution < -0.4 is 0 Å². The summed E-state index contributed by atoms with van der Waals surface area (Å²) in [6, 6.07) is 0. The van der Waals surface area contributed by atoms with E-state index in [1.165, 1.54) is 0 Å². The van der Waals surface area contributed by atoms with Crippen molar-refractivity contribution in [2.75, 3.05) is 14.1 Å². The monoisotopic (exact) mass is 183 g/mol. The number of nitrogens with zero attached hydrogens (tertiary/aromatic N) is 1.